The minimum absolute atomic E-state index is 0.113. The predicted octanol–water partition coefficient (Wildman–Crippen LogP) is 1.33. The summed E-state index contributed by atoms with van der Waals surface area (Å²) >= 11 is 6.13. The fourth-order valence-electron chi connectivity index (χ4n) is 3.32. The largest absolute Gasteiger partial charge is 0.336 e. The normalized spacial score (nSPS) is 25.8. The number of likely N-dealkylation sites (N-methyl/N-ethyl adjacent to an activating group) is 1. The lowest BCUT2D eigenvalue weighted by Crippen LogP contribution is -2.40. The number of likely N-dealkylation sites (tertiary alicyclic amines) is 1. The average Bonchev–Trinajstić information content (AvgIpc) is 2.72. The van der Waals surface area contributed by atoms with E-state index in [-0.39, 0.29) is 11.6 Å². The Morgan fingerprint density at radius 3 is 2.90 bits per heavy atom. The van der Waals surface area contributed by atoms with Gasteiger partial charge in [0.15, 0.2) is 0 Å². The number of hydrazine groups is 1. The molecule has 3 rings (SSSR count). The van der Waals surface area contributed by atoms with Gasteiger partial charge in [-0.25, -0.2) is 10.8 Å². The number of halogens is 1. The van der Waals surface area contributed by atoms with E-state index in [4.69, 9.17) is 17.4 Å². The molecule has 6 nitrogen and oxygen atoms in total. The zero-order chi connectivity index (χ0) is 15.0. The Morgan fingerprint density at radius 2 is 2.14 bits per heavy atom. The molecule has 0 aromatic carbocycles. The van der Waals surface area contributed by atoms with Crippen LogP contribution in [-0.4, -0.2) is 52.9 Å². The summed E-state index contributed by atoms with van der Waals surface area (Å²) in [6.07, 6.45) is 3.39. The molecule has 0 spiro atoms. The molecule has 0 aliphatic carbocycles. The molecule has 3 heterocycles. The monoisotopic (exact) mass is 309 g/mol. The molecular formula is C14H20ClN5O. The second-order valence-electron chi connectivity index (χ2n) is 5.76. The molecule has 2 saturated heterocycles. The molecule has 1 amide bonds. The third kappa shape index (κ3) is 2.71. The molecule has 2 atom stereocenters. The molecule has 2 fully saturated rings. The fraction of sp³-hybridized carbons (Fsp3) is 0.571. The Labute approximate surface area is 129 Å². The van der Waals surface area contributed by atoms with Gasteiger partial charge in [-0.05, 0) is 38.4 Å². The van der Waals surface area contributed by atoms with Crippen molar-refractivity contribution in [2.75, 3.05) is 25.6 Å². The SMILES string of the molecule is CN1C2CCC1CN(C(=O)c1nc(NN)ccc1Cl)CC2. The van der Waals surface area contributed by atoms with Gasteiger partial charge in [0.25, 0.3) is 5.91 Å². The van der Waals surface area contributed by atoms with E-state index in [9.17, 15) is 4.79 Å². The first-order valence-electron chi connectivity index (χ1n) is 7.24. The maximum Gasteiger partial charge on any atom is 0.274 e. The first-order chi connectivity index (χ1) is 10.1. The number of nitrogens with one attached hydrogen (secondary N) is 1. The summed E-state index contributed by atoms with van der Waals surface area (Å²) in [5, 5.41) is 0.363. The summed E-state index contributed by atoms with van der Waals surface area (Å²) < 4.78 is 0. The van der Waals surface area contributed by atoms with Gasteiger partial charge in [-0.2, -0.15) is 0 Å². The number of hydrogen-bond acceptors (Lipinski definition) is 5. The smallest absolute Gasteiger partial charge is 0.274 e. The maximum atomic E-state index is 12.7. The molecular weight excluding hydrogens is 290 g/mol. The van der Waals surface area contributed by atoms with E-state index in [1.165, 1.54) is 6.42 Å². The van der Waals surface area contributed by atoms with Crippen LogP contribution in [0.2, 0.25) is 5.02 Å². The van der Waals surface area contributed by atoms with Crippen LogP contribution in [0.5, 0.6) is 0 Å². The first-order valence-corrected chi connectivity index (χ1v) is 7.62. The highest BCUT2D eigenvalue weighted by Crippen LogP contribution is 2.29. The van der Waals surface area contributed by atoms with Crippen LogP contribution < -0.4 is 11.3 Å². The number of carbonyl (C=O) groups is 1. The highest BCUT2D eigenvalue weighted by molar-refractivity contribution is 6.33. The van der Waals surface area contributed by atoms with Crippen LogP contribution in [0.4, 0.5) is 5.82 Å². The Bertz CT molecular complexity index is 552. The minimum Gasteiger partial charge on any atom is -0.336 e. The van der Waals surface area contributed by atoms with Gasteiger partial charge < -0.3 is 10.3 Å². The highest BCUT2D eigenvalue weighted by atomic mass is 35.5. The van der Waals surface area contributed by atoms with Crippen molar-refractivity contribution in [1.29, 1.82) is 0 Å². The third-order valence-electron chi connectivity index (χ3n) is 4.63. The summed E-state index contributed by atoms with van der Waals surface area (Å²) in [6.45, 7) is 1.49. The van der Waals surface area contributed by atoms with Gasteiger partial charge in [0, 0.05) is 25.2 Å². The minimum atomic E-state index is -0.113. The van der Waals surface area contributed by atoms with Crippen LogP contribution in [0.15, 0.2) is 12.1 Å². The van der Waals surface area contributed by atoms with Gasteiger partial charge in [0.2, 0.25) is 0 Å². The molecule has 0 radical (unpaired) electrons. The van der Waals surface area contributed by atoms with Gasteiger partial charge in [0.05, 0.1) is 5.02 Å². The van der Waals surface area contributed by atoms with Crippen LogP contribution in [0, 0.1) is 0 Å². The Kier molecular flexibility index (Phi) is 4.01. The molecule has 21 heavy (non-hydrogen) atoms. The summed E-state index contributed by atoms with van der Waals surface area (Å²) in [6, 6.07) is 4.33. The second-order valence-corrected chi connectivity index (χ2v) is 6.17. The van der Waals surface area contributed by atoms with E-state index in [0.29, 0.717) is 22.9 Å². The average molecular weight is 310 g/mol. The number of hydrogen-bond donors (Lipinski definition) is 2. The lowest BCUT2D eigenvalue weighted by atomic mass is 10.1. The van der Waals surface area contributed by atoms with E-state index >= 15 is 0 Å². The number of anilines is 1. The number of rotatable bonds is 2. The molecule has 1 aromatic heterocycles. The second kappa shape index (κ2) is 5.79. The highest BCUT2D eigenvalue weighted by Gasteiger charge is 2.36. The molecule has 2 aliphatic heterocycles. The molecule has 0 saturated carbocycles. The van der Waals surface area contributed by atoms with Crippen LogP contribution in [-0.2, 0) is 0 Å². The van der Waals surface area contributed by atoms with Crippen molar-refractivity contribution in [1.82, 2.24) is 14.8 Å². The number of fused-ring (bicyclic) bond motifs is 2. The summed E-state index contributed by atoms with van der Waals surface area (Å²) in [4.78, 5) is 21.2. The van der Waals surface area contributed by atoms with Gasteiger partial charge in [-0.3, -0.25) is 9.69 Å². The lowest BCUT2D eigenvalue weighted by molar-refractivity contribution is 0.0734. The van der Waals surface area contributed by atoms with Gasteiger partial charge in [-0.15, -0.1) is 0 Å². The van der Waals surface area contributed by atoms with E-state index in [1.807, 2.05) is 4.90 Å². The van der Waals surface area contributed by atoms with Crippen molar-refractivity contribution in [2.24, 2.45) is 5.84 Å². The van der Waals surface area contributed by atoms with Crippen LogP contribution in [0.3, 0.4) is 0 Å². The Balaban J connectivity index is 1.82. The quantitative estimate of drug-likeness (QED) is 0.637. The first kappa shape index (κ1) is 14.6. The summed E-state index contributed by atoms with van der Waals surface area (Å²) in [5.41, 5.74) is 2.72. The van der Waals surface area contributed by atoms with Crippen molar-refractivity contribution in [2.45, 2.75) is 31.3 Å². The maximum absolute atomic E-state index is 12.7. The standard InChI is InChI=1S/C14H20ClN5O/c1-19-9-2-3-10(19)8-20(7-6-9)14(21)13-11(15)4-5-12(17-13)18-16/h4-5,9-10H,2-3,6-8,16H2,1H3,(H,17,18). The molecule has 1 aromatic rings. The fourth-order valence-corrected chi connectivity index (χ4v) is 3.50. The number of aromatic nitrogens is 1. The zero-order valence-electron chi connectivity index (χ0n) is 12.1. The topological polar surface area (TPSA) is 74.5 Å². The van der Waals surface area contributed by atoms with Crippen molar-refractivity contribution >= 4 is 23.3 Å². The van der Waals surface area contributed by atoms with Gasteiger partial charge in [-0.1, -0.05) is 11.6 Å². The van der Waals surface area contributed by atoms with Crippen LogP contribution >= 0.6 is 11.6 Å². The van der Waals surface area contributed by atoms with Crippen molar-refractivity contribution in [3.8, 4) is 0 Å². The number of carbonyl (C=O) groups excluding carboxylic acids is 1. The number of nitrogens with zero attached hydrogens (tertiary/aromatic N) is 3. The lowest BCUT2D eigenvalue weighted by Gasteiger charge is -2.25. The molecule has 2 unspecified atom stereocenters. The van der Waals surface area contributed by atoms with Crippen molar-refractivity contribution in [3.05, 3.63) is 22.8 Å². The third-order valence-corrected chi connectivity index (χ3v) is 4.94. The van der Waals surface area contributed by atoms with E-state index in [0.717, 1.165) is 25.9 Å². The summed E-state index contributed by atoms with van der Waals surface area (Å²) in [5.74, 6) is 5.68. The molecule has 7 heteroatoms. The summed E-state index contributed by atoms with van der Waals surface area (Å²) in [7, 11) is 2.15. The molecule has 3 N–H and O–H groups in total. The number of nitrogens with two attached hydrogens (primary N) is 1. The van der Waals surface area contributed by atoms with E-state index in [1.54, 1.807) is 12.1 Å². The molecule has 2 aliphatic rings. The van der Waals surface area contributed by atoms with Crippen LogP contribution in [0.25, 0.3) is 0 Å². The predicted molar refractivity (Wildman–Crippen MR) is 82.2 cm³/mol. The zero-order valence-corrected chi connectivity index (χ0v) is 12.8. The van der Waals surface area contributed by atoms with Crippen LogP contribution in [0.1, 0.15) is 29.8 Å². The van der Waals surface area contributed by atoms with E-state index in [2.05, 4.69) is 22.4 Å². The van der Waals surface area contributed by atoms with Crippen molar-refractivity contribution < 1.29 is 4.79 Å². The number of amides is 1. The Hall–Kier alpha value is -1.37. The number of nitrogen functional groups attached to an aromatic ring is 1. The van der Waals surface area contributed by atoms with Gasteiger partial charge >= 0.3 is 0 Å². The molecule has 114 valence electrons. The Morgan fingerprint density at radius 1 is 1.38 bits per heavy atom. The molecule has 2 bridgehead atoms. The van der Waals surface area contributed by atoms with Crippen molar-refractivity contribution in [3.63, 3.8) is 0 Å². The number of pyridine rings is 1. The van der Waals surface area contributed by atoms with E-state index < -0.39 is 0 Å². The van der Waals surface area contributed by atoms with Gasteiger partial charge in [0.1, 0.15) is 11.5 Å².